The van der Waals surface area contributed by atoms with E-state index in [1.54, 1.807) is 0 Å². The van der Waals surface area contributed by atoms with Gasteiger partial charge in [0.2, 0.25) is 0 Å². The van der Waals surface area contributed by atoms with Crippen molar-refractivity contribution in [3.05, 3.63) is 389 Å². The van der Waals surface area contributed by atoms with Gasteiger partial charge in [-0.25, -0.2) is 0 Å². The molecule has 145 heavy (non-hydrogen) atoms. The van der Waals surface area contributed by atoms with Gasteiger partial charge in [0.25, 0.3) is 20.1 Å². The molecule has 17 aromatic carbocycles. The summed E-state index contributed by atoms with van der Waals surface area (Å²) in [5.41, 5.74) is 37.2. The van der Waals surface area contributed by atoms with E-state index in [2.05, 4.69) is 467 Å². The summed E-state index contributed by atoms with van der Waals surface area (Å²) in [6.45, 7) is 45.1. The number of hydrogen-bond donors (Lipinski definition) is 0. The molecule has 6 aliphatic heterocycles. The standard InChI is InChI=1S/C54H53BN2O2.C42H42BNO2.C36H30BNO2/c1-34(2)38-12-20-42(21-13-38)56(43-22-14-39(15-23-43)35(3)4)46-28-30-48-52(32-46)58-50-10-9-11-51-54(50)55(48)49-31-29-47(33-53(49)59-51)57(44-24-16-40(17-25-44)36(5)6)45-26-18-41(19-27-45)37(7)8;1-23(2)27-9-13-36-32(17-27)33-18-28(24(3)4)10-14-37(33)44(36)31-21-40-42-41(22-31)46-39-16-12-30(26(7)8)20-35(39)43(42)34-19-29(25(5)6)11-15-38(34)45-40;1-21(2)23-12-16-30-26(18-23)27-19-24(22(3)4)13-17-31(27)38(30)25-14-15-29-35(20-25)40-34-11-7-10-33-36(34)37(29)28-8-5-6-9-32(28)39-33/h9-37H,1-8H3;9-26H,1-8H3;5-22H,1-4H3. The van der Waals surface area contributed by atoms with Gasteiger partial charge in [-0.2, -0.15) is 0 Å². The van der Waals surface area contributed by atoms with Crippen LogP contribution in [-0.4, -0.2) is 29.3 Å². The lowest BCUT2D eigenvalue weighted by Gasteiger charge is -2.35. The van der Waals surface area contributed by atoms with Crippen LogP contribution < -0.4 is 87.4 Å². The predicted octanol–water partition coefficient (Wildman–Crippen LogP) is 31.6. The SMILES string of the molecule is CC(C)c1ccc(N(c2ccc(C(C)C)cc2)c2ccc3c(c2)Oc2cccc4c2B3c2ccc(N(c3ccc(C(C)C)cc3)c3ccc(C(C)C)cc3)cc2O4)cc1.CC(C)c1ccc2c(c1)B1c3cc(C(C)C)ccc3Oc3cc(-n4c5ccc(C(C)C)cc5c5cc(C(C)C)ccc54)cc(c31)O2.CC(C)c1ccc2c(c1)c1cc(C(C)C)ccc1n2-c1ccc2c(c1)Oc1cccc3c1B2c1ccccc1O3. The molecule has 0 unspecified atom stereocenters. The van der Waals surface area contributed by atoms with Crippen LogP contribution in [0.4, 0.5) is 34.1 Å². The van der Waals surface area contributed by atoms with Gasteiger partial charge in [-0.1, -0.05) is 284 Å². The second-order valence-corrected chi connectivity index (χ2v) is 43.8. The van der Waals surface area contributed by atoms with Crippen molar-refractivity contribution in [3.63, 3.8) is 0 Å². The molecule has 0 aliphatic carbocycles. The van der Waals surface area contributed by atoms with Crippen LogP contribution in [0, 0.1) is 0 Å². The number of rotatable bonds is 18. The van der Waals surface area contributed by atoms with Gasteiger partial charge >= 0.3 is 0 Å². The number of para-hydroxylation sites is 1. The van der Waals surface area contributed by atoms with Crippen molar-refractivity contribution in [1.82, 2.24) is 9.13 Å². The zero-order chi connectivity index (χ0) is 100. The van der Waals surface area contributed by atoms with Crippen LogP contribution in [-0.2, 0) is 0 Å². The molecule has 0 saturated carbocycles. The molecule has 718 valence electrons. The molecule has 0 bridgehead atoms. The molecule has 0 N–H and O–H groups in total. The Hall–Kier alpha value is -15.1. The zero-order valence-electron chi connectivity index (χ0n) is 87.0. The lowest BCUT2D eigenvalue weighted by molar-refractivity contribution is 0.463. The van der Waals surface area contributed by atoms with Crippen LogP contribution >= 0.6 is 0 Å². The Morgan fingerprint density at radius 2 is 0.407 bits per heavy atom. The Bertz CT molecular complexity index is 7810. The molecule has 0 atom stereocenters. The van der Waals surface area contributed by atoms with Gasteiger partial charge < -0.3 is 47.4 Å². The summed E-state index contributed by atoms with van der Waals surface area (Å²) < 4.78 is 45.0. The van der Waals surface area contributed by atoms with Crippen molar-refractivity contribution >= 4 is 147 Å². The fourth-order valence-corrected chi connectivity index (χ4v) is 22.6. The number of nitrogens with zero attached hydrogens (tertiary/aromatic N) is 4. The van der Waals surface area contributed by atoms with Gasteiger partial charge in [-0.05, 0) is 305 Å². The van der Waals surface area contributed by atoms with E-state index < -0.39 is 0 Å². The van der Waals surface area contributed by atoms with Crippen molar-refractivity contribution in [3.8, 4) is 80.4 Å². The summed E-state index contributed by atoms with van der Waals surface area (Å²) in [4.78, 5) is 4.67. The highest BCUT2D eigenvalue weighted by molar-refractivity contribution is 6.99. The summed E-state index contributed by atoms with van der Waals surface area (Å²) in [6.07, 6.45) is 0. The first-order chi connectivity index (χ1) is 70.1. The van der Waals surface area contributed by atoms with Gasteiger partial charge in [-0.3, -0.25) is 0 Å². The average molecular weight is 1900 g/mol. The van der Waals surface area contributed by atoms with Crippen LogP contribution in [0.3, 0.4) is 0 Å². The number of ether oxygens (including phenoxy) is 6. The molecule has 6 aliphatic rings. The lowest BCUT2D eigenvalue weighted by atomic mass is 9.34. The van der Waals surface area contributed by atoms with E-state index in [0.29, 0.717) is 59.2 Å². The second kappa shape index (κ2) is 37.3. The number of benzene rings is 17. The van der Waals surface area contributed by atoms with Gasteiger partial charge in [0.05, 0.1) is 27.8 Å². The van der Waals surface area contributed by atoms with Crippen LogP contribution in [0.25, 0.3) is 55.0 Å². The minimum absolute atomic E-state index is 0.0456. The predicted molar refractivity (Wildman–Crippen MR) is 611 cm³/mol. The lowest BCUT2D eigenvalue weighted by Crippen LogP contribution is -2.57. The smallest absolute Gasteiger partial charge is 0.260 e. The highest BCUT2D eigenvalue weighted by Crippen LogP contribution is 2.49. The van der Waals surface area contributed by atoms with E-state index in [4.69, 9.17) is 28.4 Å². The van der Waals surface area contributed by atoms with Gasteiger partial charge in [0.15, 0.2) is 0 Å². The monoisotopic (exact) mass is 1890 g/mol. The number of fused-ring (bicyclic) bond motifs is 18. The molecule has 13 heteroatoms. The van der Waals surface area contributed by atoms with E-state index in [9.17, 15) is 0 Å². The number of aromatic nitrogens is 2. The second-order valence-electron chi connectivity index (χ2n) is 43.8. The summed E-state index contributed by atoms with van der Waals surface area (Å²) in [5.74, 6) is 15.1. The Balaban J connectivity index is 0.000000123. The molecular weight excluding hydrogens is 1770 g/mol. The van der Waals surface area contributed by atoms with E-state index >= 15 is 0 Å². The van der Waals surface area contributed by atoms with Crippen molar-refractivity contribution in [2.75, 3.05) is 9.80 Å². The highest BCUT2D eigenvalue weighted by Gasteiger charge is 2.45. The van der Waals surface area contributed by atoms with Gasteiger partial charge in [-0.15, -0.1) is 0 Å². The third-order valence-corrected chi connectivity index (χ3v) is 31.1. The largest absolute Gasteiger partial charge is 0.458 e. The molecule has 8 heterocycles. The fraction of sp³-hybridized carbons (Fsp3) is 0.227. The number of hydrogen-bond acceptors (Lipinski definition) is 8. The normalized spacial score (nSPS) is 13.0. The van der Waals surface area contributed by atoms with E-state index in [1.807, 2.05) is 24.3 Å². The molecule has 0 fully saturated rings. The van der Waals surface area contributed by atoms with E-state index in [-0.39, 0.29) is 20.1 Å². The third kappa shape index (κ3) is 16.7. The van der Waals surface area contributed by atoms with Gasteiger partial charge in [0, 0.05) is 108 Å². The minimum atomic E-state index is -0.0509. The number of anilines is 6. The van der Waals surface area contributed by atoms with Crippen molar-refractivity contribution < 1.29 is 28.4 Å². The summed E-state index contributed by atoms with van der Waals surface area (Å²) in [7, 11) is 0. The fourth-order valence-electron chi connectivity index (χ4n) is 22.6. The van der Waals surface area contributed by atoms with E-state index in [1.165, 1.54) is 121 Å². The maximum absolute atomic E-state index is 6.82. The molecule has 2 aromatic heterocycles. The maximum atomic E-state index is 6.82. The van der Waals surface area contributed by atoms with Crippen molar-refractivity contribution in [2.24, 2.45) is 0 Å². The zero-order valence-corrected chi connectivity index (χ0v) is 87.0. The molecule has 10 nitrogen and oxygen atoms in total. The van der Waals surface area contributed by atoms with Crippen LogP contribution in [0.1, 0.15) is 253 Å². The summed E-state index contributed by atoms with van der Waals surface area (Å²) >= 11 is 0. The maximum Gasteiger partial charge on any atom is 0.260 e. The van der Waals surface area contributed by atoms with Crippen molar-refractivity contribution in [2.45, 2.75) is 198 Å². The molecule has 25 rings (SSSR count). The molecule has 0 radical (unpaired) electrons. The van der Waals surface area contributed by atoms with Crippen molar-refractivity contribution in [1.29, 1.82) is 0 Å². The summed E-state index contributed by atoms with van der Waals surface area (Å²) in [5, 5.41) is 5.17. The van der Waals surface area contributed by atoms with Crippen LogP contribution in [0.15, 0.2) is 334 Å². The van der Waals surface area contributed by atoms with Gasteiger partial charge in [0.1, 0.15) is 69.0 Å². The third-order valence-electron chi connectivity index (χ3n) is 31.1. The average Bonchev–Trinajstić information content (AvgIpc) is 1.70. The first-order valence-electron chi connectivity index (χ1n) is 52.6. The first-order valence-corrected chi connectivity index (χ1v) is 52.6. The summed E-state index contributed by atoms with van der Waals surface area (Å²) in [6, 6.07) is 122. The Morgan fingerprint density at radius 1 is 0.172 bits per heavy atom. The molecule has 0 saturated heterocycles. The molecular formula is C132H125B3N4O6. The van der Waals surface area contributed by atoms with E-state index in [0.717, 1.165) is 142 Å². The Labute approximate surface area is 855 Å². The Morgan fingerprint density at radius 3 is 0.745 bits per heavy atom. The molecule has 0 spiro atoms. The topological polar surface area (TPSA) is 71.7 Å². The molecule has 19 aromatic rings. The molecule has 0 amide bonds. The first kappa shape index (κ1) is 93.6. The quantitative estimate of drug-likeness (QED) is 0.0787. The van der Waals surface area contributed by atoms with Crippen LogP contribution in [0.2, 0.25) is 0 Å². The minimum Gasteiger partial charge on any atom is -0.458 e. The van der Waals surface area contributed by atoms with Crippen LogP contribution in [0.5, 0.6) is 69.0 Å². The highest BCUT2D eigenvalue weighted by atomic mass is 16.5. The Kier molecular flexibility index (Phi) is 24.1.